The lowest BCUT2D eigenvalue weighted by atomic mass is 10.1. The van der Waals surface area contributed by atoms with E-state index in [0.717, 1.165) is 27.7 Å². The second-order valence-electron chi connectivity index (χ2n) is 6.03. The minimum absolute atomic E-state index is 0.253. The molecule has 0 aliphatic carbocycles. The Morgan fingerprint density at radius 2 is 1.84 bits per heavy atom. The second kappa shape index (κ2) is 6.45. The highest BCUT2D eigenvalue weighted by molar-refractivity contribution is 5.82. The Morgan fingerprint density at radius 3 is 2.64 bits per heavy atom. The van der Waals surface area contributed by atoms with E-state index < -0.39 is 0 Å². The zero-order valence-electron chi connectivity index (χ0n) is 13.5. The topological polar surface area (TPSA) is 67.6 Å². The molecule has 4 aromatic rings. The number of imidazole rings is 1. The zero-order valence-corrected chi connectivity index (χ0v) is 13.5. The van der Waals surface area contributed by atoms with Gasteiger partial charge in [-0.25, -0.2) is 9.37 Å². The molecule has 0 bridgehead atoms. The van der Waals surface area contributed by atoms with Crippen LogP contribution in [0.4, 0.5) is 4.39 Å². The summed E-state index contributed by atoms with van der Waals surface area (Å²) in [5, 5.41) is 0. The van der Waals surface area contributed by atoms with Crippen LogP contribution in [0.1, 0.15) is 17.4 Å². The number of nitrogens with two attached hydrogens (primary N) is 1. The molecule has 0 saturated carbocycles. The van der Waals surface area contributed by atoms with E-state index in [1.807, 2.05) is 30.3 Å². The van der Waals surface area contributed by atoms with Gasteiger partial charge in [-0.3, -0.25) is 4.98 Å². The monoisotopic (exact) mass is 332 g/mol. The Labute approximate surface area is 144 Å². The molecule has 0 aliphatic heterocycles. The van der Waals surface area contributed by atoms with Crippen LogP contribution in [0.15, 0.2) is 67.0 Å². The van der Waals surface area contributed by atoms with Crippen molar-refractivity contribution in [3.63, 3.8) is 0 Å². The van der Waals surface area contributed by atoms with Gasteiger partial charge >= 0.3 is 0 Å². The van der Waals surface area contributed by atoms with Gasteiger partial charge in [0.2, 0.25) is 0 Å². The van der Waals surface area contributed by atoms with E-state index in [1.54, 1.807) is 18.5 Å². The van der Waals surface area contributed by atoms with Gasteiger partial charge in [-0.15, -0.1) is 0 Å². The minimum Gasteiger partial charge on any atom is -0.341 e. The van der Waals surface area contributed by atoms with Crippen LogP contribution in [-0.2, 0) is 6.42 Å². The van der Waals surface area contributed by atoms with Gasteiger partial charge in [0.25, 0.3) is 0 Å². The lowest BCUT2D eigenvalue weighted by Gasteiger charge is -2.08. The highest BCUT2D eigenvalue weighted by Crippen LogP contribution is 2.24. The Bertz CT molecular complexity index is 1010. The van der Waals surface area contributed by atoms with E-state index >= 15 is 0 Å². The smallest absolute Gasteiger partial charge is 0.124 e. The molecule has 5 heteroatoms. The number of H-pyrrole nitrogens is 1. The molecule has 0 spiro atoms. The zero-order chi connectivity index (χ0) is 17.2. The van der Waals surface area contributed by atoms with Crippen LogP contribution in [0.5, 0.6) is 0 Å². The number of hydrogen-bond acceptors (Lipinski definition) is 3. The van der Waals surface area contributed by atoms with Crippen molar-refractivity contribution in [2.24, 2.45) is 5.73 Å². The van der Waals surface area contributed by atoms with E-state index in [4.69, 9.17) is 5.73 Å². The number of aromatic nitrogens is 3. The Hall–Kier alpha value is -3.05. The van der Waals surface area contributed by atoms with Crippen LogP contribution in [0.2, 0.25) is 0 Å². The molecule has 0 saturated heterocycles. The van der Waals surface area contributed by atoms with Crippen molar-refractivity contribution in [3.8, 4) is 11.1 Å². The van der Waals surface area contributed by atoms with Gasteiger partial charge < -0.3 is 10.7 Å². The fourth-order valence-electron chi connectivity index (χ4n) is 2.94. The number of hydrogen-bond donors (Lipinski definition) is 2. The Balaban J connectivity index is 1.62. The van der Waals surface area contributed by atoms with E-state index in [9.17, 15) is 4.39 Å². The van der Waals surface area contributed by atoms with Crippen molar-refractivity contribution in [1.82, 2.24) is 15.0 Å². The molecule has 4 rings (SSSR count). The van der Waals surface area contributed by atoms with Crippen molar-refractivity contribution in [1.29, 1.82) is 0 Å². The predicted molar refractivity (Wildman–Crippen MR) is 96.4 cm³/mol. The molecule has 4 nitrogen and oxygen atoms in total. The van der Waals surface area contributed by atoms with Crippen LogP contribution in [0, 0.1) is 5.82 Å². The standard InChI is InChI=1S/C20H17FN4/c21-16-3-1-2-13(10-16)11-17(22)20-24-18-5-4-15(12-19(18)25-20)14-6-8-23-9-7-14/h1-10,12,17H,11,22H2,(H,24,25)/t17-/m1/s1. The Kier molecular flexibility index (Phi) is 3.99. The van der Waals surface area contributed by atoms with Crippen molar-refractivity contribution >= 4 is 11.0 Å². The molecule has 0 fully saturated rings. The summed E-state index contributed by atoms with van der Waals surface area (Å²) in [6, 6.07) is 16.2. The average molecular weight is 332 g/mol. The molecule has 1 atom stereocenters. The first-order valence-corrected chi connectivity index (χ1v) is 8.09. The van der Waals surface area contributed by atoms with Gasteiger partial charge in [0.15, 0.2) is 0 Å². The number of nitrogens with one attached hydrogen (secondary N) is 1. The Morgan fingerprint density at radius 1 is 1.00 bits per heavy atom. The molecule has 25 heavy (non-hydrogen) atoms. The van der Waals surface area contributed by atoms with Gasteiger partial charge in [-0.2, -0.15) is 0 Å². The lowest BCUT2D eigenvalue weighted by molar-refractivity contribution is 0.619. The fraction of sp³-hybridized carbons (Fsp3) is 0.100. The summed E-state index contributed by atoms with van der Waals surface area (Å²) in [7, 11) is 0. The molecular formula is C20H17FN4. The van der Waals surface area contributed by atoms with Crippen molar-refractivity contribution < 1.29 is 4.39 Å². The molecule has 0 unspecified atom stereocenters. The van der Waals surface area contributed by atoms with E-state index in [2.05, 4.69) is 21.0 Å². The third-order valence-electron chi connectivity index (χ3n) is 4.21. The normalized spacial score (nSPS) is 12.4. The SMILES string of the molecule is N[C@H](Cc1cccc(F)c1)c1nc2ccc(-c3ccncc3)cc2[nH]1. The molecule has 3 N–H and O–H groups in total. The van der Waals surface area contributed by atoms with Gasteiger partial charge in [-0.1, -0.05) is 18.2 Å². The summed E-state index contributed by atoms with van der Waals surface area (Å²) in [4.78, 5) is 11.9. The van der Waals surface area contributed by atoms with Crippen molar-refractivity contribution in [2.75, 3.05) is 0 Å². The van der Waals surface area contributed by atoms with Crippen LogP contribution in [-0.4, -0.2) is 15.0 Å². The maximum Gasteiger partial charge on any atom is 0.124 e. The first kappa shape index (κ1) is 15.5. The number of rotatable bonds is 4. The quantitative estimate of drug-likeness (QED) is 0.593. The number of pyridine rings is 1. The average Bonchev–Trinajstić information content (AvgIpc) is 3.06. The minimum atomic E-state index is -0.321. The lowest BCUT2D eigenvalue weighted by Crippen LogP contribution is -2.15. The molecule has 0 aliphatic rings. The van der Waals surface area contributed by atoms with E-state index in [0.29, 0.717) is 12.2 Å². The van der Waals surface area contributed by atoms with E-state index in [1.165, 1.54) is 12.1 Å². The number of nitrogens with zero attached hydrogens (tertiary/aromatic N) is 2. The molecule has 0 amide bonds. The van der Waals surface area contributed by atoms with Gasteiger partial charge in [0.05, 0.1) is 17.1 Å². The molecule has 2 aromatic carbocycles. The predicted octanol–water partition coefficient (Wildman–Crippen LogP) is 4.01. The third-order valence-corrected chi connectivity index (χ3v) is 4.21. The van der Waals surface area contributed by atoms with Crippen LogP contribution >= 0.6 is 0 Å². The number of aromatic amines is 1. The fourth-order valence-corrected chi connectivity index (χ4v) is 2.94. The van der Waals surface area contributed by atoms with Crippen LogP contribution in [0.25, 0.3) is 22.2 Å². The number of fused-ring (bicyclic) bond motifs is 1. The summed E-state index contributed by atoms with van der Waals surface area (Å²) >= 11 is 0. The van der Waals surface area contributed by atoms with Gasteiger partial charge in [-0.05, 0) is 59.5 Å². The summed E-state index contributed by atoms with van der Waals surface area (Å²) in [5.41, 5.74) is 11.1. The molecule has 2 heterocycles. The molecule has 2 aromatic heterocycles. The van der Waals surface area contributed by atoms with Crippen LogP contribution < -0.4 is 5.73 Å². The van der Waals surface area contributed by atoms with Gasteiger partial charge in [0, 0.05) is 12.4 Å². The summed E-state index contributed by atoms with van der Waals surface area (Å²) in [5.74, 6) is 0.447. The first-order chi connectivity index (χ1) is 12.2. The summed E-state index contributed by atoms with van der Waals surface area (Å²) in [6.07, 6.45) is 4.06. The van der Waals surface area contributed by atoms with Crippen molar-refractivity contribution in [2.45, 2.75) is 12.5 Å². The highest BCUT2D eigenvalue weighted by atomic mass is 19.1. The maximum atomic E-state index is 13.3. The second-order valence-corrected chi connectivity index (χ2v) is 6.03. The molecule has 0 radical (unpaired) electrons. The van der Waals surface area contributed by atoms with Crippen molar-refractivity contribution in [3.05, 3.63) is 84.2 Å². The number of halogens is 1. The van der Waals surface area contributed by atoms with Gasteiger partial charge in [0.1, 0.15) is 11.6 Å². The number of benzene rings is 2. The highest BCUT2D eigenvalue weighted by Gasteiger charge is 2.13. The largest absolute Gasteiger partial charge is 0.341 e. The molecule has 124 valence electrons. The van der Waals surface area contributed by atoms with Crippen LogP contribution in [0.3, 0.4) is 0 Å². The maximum absolute atomic E-state index is 13.3. The first-order valence-electron chi connectivity index (χ1n) is 8.09. The summed E-state index contributed by atoms with van der Waals surface area (Å²) in [6.45, 7) is 0. The third kappa shape index (κ3) is 3.27. The van der Waals surface area contributed by atoms with E-state index in [-0.39, 0.29) is 11.9 Å². The molecular weight excluding hydrogens is 315 g/mol. The summed E-state index contributed by atoms with van der Waals surface area (Å²) < 4.78 is 13.3.